The van der Waals surface area contributed by atoms with E-state index < -0.39 is 5.25 Å². The van der Waals surface area contributed by atoms with Crippen molar-refractivity contribution in [3.8, 4) is 0 Å². The number of hydrogen-bond donors (Lipinski definition) is 1. The maximum Gasteiger partial charge on any atom is 0.338 e. The zero-order chi connectivity index (χ0) is 18.4. The van der Waals surface area contributed by atoms with Crippen LogP contribution in [0.2, 0.25) is 0 Å². The highest BCUT2D eigenvalue weighted by molar-refractivity contribution is 8.15. The first-order valence-corrected chi connectivity index (χ1v) is 9.31. The summed E-state index contributed by atoms with van der Waals surface area (Å²) in [5, 5.41) is 1.55. The second-order valence-corrected chi connectivity index (χ2v) is 7.18. The van der Waals surface area contributed by atoms with Crippen LogP contribution in [0, 0.1) is 0 Å². The van der Waals surface area contributed by atoms with Crippen LogP contribution >= 0.6 is 11.8 Å². The van der Waals surface area contributed by atoms with Crippen LogP contribution in [0.5, 0.6) is 0 Å². The highest BCUT2D eigenvalue weighted by Gasteiger charge is 2.31. The molecule has 0 radical (unpaired) electrons. The van der Waals surface area contributed by atoms with E-state index in [1.54, 1.807) is 24.3 Å². The number of hydrogen-bond acceptors (Lipinski definition) is 5. The molecule has 1 atom stereocenters. The number of aryl methyl sites for hydroxylation is 1. The molecule has 1 fully saturated rings. The summed E-state index contributed by atoms with van der Waals surface area (Å²) in [5.74, 6) is -0.616. The molecule has 0 aromatic heterocycles. The molecule has 1 aliphatic rings. The van der Waals surface area contributed by atoms with E-state index in [4.69, 9.17) is 4.74 Å². The molecule has 134 valence electrons. The average Bonchev–Trinajstić information content (AvgIpc) is 2.97. The Morgan fingerprint density at radius 1 is 1.00 bits per heavy atom. The van der Waals surface area contributed by atoms with Gasteiger partial charge in [-0.15, -0.1) is 0 Å². The lowest BCUT2D eigenvalue weighted by molar-refractivity contribution is -0.118. The Morgan fingerprint density at radius 2 is 1.73 bits per heavy atom. The van der Waals surface area contributed by atoms with Crippen molar-refractivity contribution in [2.24, 2.45) is 0 Å². The fourth-order valence-corrected chi connectivity index (χ4v) is 3.55. The monoisotopic (exact) mass is 369 g/mol. The van der Waals surface area contributed by atoms with Crippen molar-refractivity contribution in [1.29, 1.82) is 0 Å². The zero-order valence-electron chi connectivity index (χ0n) is 14.1. The van der Waals surface area contributed by atoms with E-state index >= 15 is 0 Å². The first-order valence-electron chi connectivity index (χ1n) is 8.43. The molecule has 1 aliphatic heterocycles. The molecule has 1 saturated heterocycles. The molecule has 0 aliphatic carbocycles. The maximum absolute atomic E-state index is 12.1. The smallest absolute Gasteiger partial charge is 0.338 e. The molecule has 2 aromatic rings. The van der Waals surface area contributed by atoms with Crippen molar-refractivity contribution in [3.63, 3.8) is 0 Å². The third-order valence-electron chi connectivity index (χ3n) is 4.06. The third kappa shape index (κ3) is 4.95. The van der Waals surface area contributed by atoms with E-state index in [1.165, 1.54) is 5.56 Å². The van der Waals surface area contributed by atoms with E-state index in [-0.39, 0.29) is 17.1 Å². The summed E-state index contributed by atoms with van der Waals surface area (Å²) in [6.45, 7) is 0.372. The molecular formula is C20H19NO4S. The normalized spacial score (nSPS) is 16.4. The number of nitrogens with one attached hydrogen (secondary N) is 1. The Hall–Kier alpha value is -2.60. The van der Waals surface area contributed by atoms with Crippen LogP contribution in [0.4, 0.5) is 4.79 Å². The Labute approximate surface area is 156 Å². The average molecular weight is 369 g/mol. The minimum absolute atomic E-state index is 0.262. The quantitative estimate of drug-likeness (QED) is 0.598. The molecule has 2 aromatic carbocycles. The highest BCUT2D eigenvalue weighted by Crippen LogP contribution is 2.23. The van der Waals surface area contributed by atoms with Gasteiger partial charge in [0.1, 0.15) is 0 Å². The zero-order valence-corrected chi connectivity index (χ0v) is 15.0. The van der Waals surface area contributed by atoms with E-state index in [2.05, 4.69) is 17.4 Å². The number of carbonyl (C=O) groups is 3. The number of thioether (sulfide) groups is 1. The number of imide groups is 1. The van der Waals surface area contributed by atoms with Gasteiger partial charge in [-0.2, -0.15) is 0 Å². The van der Waals surface area contributed by atoms with Gasteiger partial charge in [0.05, 0.1) is 17.4 Å². The summed E-state index contributed by atoms with van der Waals surface area (Å²) in [6, 6.07) is 17.0. The van der Waals surface area contributed by atoms with Crippen LogP contribution in [0.15, 0.2) is 54.6 Å². The molecule has 0 spiro atoms. The van der Waals surface area contributed by atoms with Gasteiger partial charge in [0.2, 0.25) is 5.91 Å². The Morgan fingerprint density at radius 3 is 2.38 bits per heavy atom. The topological polar surface area (TPSA) is 72.5 Å². The van der Waals surface area contributed by atoms with Crippen LogP contribution < -0.4 is 5.32 Å². The number of esters is 1. The molecule has 26 heavy (non-hydrogen) atoms. The fourth-order valence-electron chi connectivity index (χ4n) is 2.69. The first-order chi connectivity index (χ1) is 12.6. The van der Waals surface area contributed by atoms with Crippen molar-refractivity contribution in [1.82, 2.24) is 5.32 Å². The number of carbonyl (C=O) groups excluding carboxylic acids is 3. The number of amides is 2. The van der Waals surface area contributed by atoms with Crippen LogP contribution in [0.25, 0.3) is 0 Å². The third-order valence-corrected chi connectivity index (χ3v) is 5.04. The maximum atomic E-state index is 12.1. The molecule has 5 nitrogen and oxygen atoms in total. The summed E-state index contributed by atoms with van der Waals surface area (Å²) < 4.78 is 5.30. The fraction of sp³-hybridized carbons (Fsp3) is 0.250. The molecule has 0 saturated carbocycles. The van der Waals surface area contributed by atoms with E-state index in [0.717, 1.165) is 30.2 Å². The van der Waals surface area contributed by atoms with E-state index in [1.807, 2.05) is 18.2 Å². The van der Waals surface area contributed by atoms with Crippen molar-refractivity contribution in [2.45, 2.75) is 24.5 Å². The minimum Gasteiger partial charge on any atom is -0.462 e. The summed E-state index contributed by atoms with van der Waals surface area (Å²) in [5.41, 5.74) is 2.60. The predicted octanol–water partition coefficient (Wildman–Crippen LogP) is 3.37. The second kappa shape index (κ2) is 8.67. The Bertz CT molecular complexity index is 789. The molecule has 6 heteroatoms. The molecule has 1 heterocycles. The lowest BCUT2D eigenvalue weighted by atomic mass is 10.1. The summed E-state index contributed by atoms with van der Waals surface area (Å²) in [4.78, 5) is 34.8. The molecule has 3 rings (SSSR count). The number of ether oxygens (including phenoxy) is 1. The largest absolute Gasteiger partial charge is 0.462 e. The van der Waals surface area contributed by atoms with Crippen molar-refractivity contribution >= 4 is 28.9 Å². The Balaban J connectivity index is 1.44. The summed E-state index contributed by atoms with van der Waals surface area (Å²) in [6.07, 6.45) is 2.09. The molecule has 1 N–H and O–H groups in total. The van der Waals surface area contributed by atoms with Gasteiger partial charge in [-0.05, 0) is 42.5 Å². The highest BCUT2D eigenvalue weighted by atomic mass is 32.2. The van der Waals surface area contributed by atoms with Crippen LogP contribution in [0.3, 0.4) is 0 Å². The number of benzene rings is 2. The van der Waals surface area contributed by atoms with Crippen molar-refractivity contribution < 1.29 is 19.1 Å². The molecular weight excluding hydrogens is 350 g/mol. The lowest BCUT2D eigenvalue weighted by Gasteiger charge is -2.07. The van der Waals surface area contributed by atoms with Gasteiger partial charge in [0.15, 0.2) is 0 Å². The van der Waals surface area contributed by atoms with Gasteiger partial charge in [0, 0.05) is 0 Å². The number of rotatable bonds is 7. The van der Waals surface area contributed by atoms with Gasteiger partial charge in [-0.25, -0.2) is 4.79 Å². The SMILES string of the molecule is O=C1NC(=O)C(Cc2ccc(C(=O)OCCCc3ccccc3)cc2)S1. The molecule has 0 bridgehead atoms. The van der Waals surface area contributed by atoms with Crippen molar-refractivity contribution in [2.75, 3.05) is 6.61 Å². The summed E-state index contributed by atoms with van der Waals surface area (Å²) in [7, 11) is 0. The van der Waals surface area contributed by atoms with Gasteiger partial charge < -0.3 is 4.74 Å². The molecule has 2 amide bonds. The second-order valence-electron chi connectivity index (χ2n) is 6.01. The van der Waals surface area contributed by atoms with Gasteiger partial charge >= 0.3 is 5.97 Å². The standard InChI is InChI=1S/C20H19NO4S/c22-18-17(26-20(24)21-18)13-15-8-10-16(11-9-15)19(23)25-12-4-7-14-5-2-1-3-6-14/h1-3,5-6,8-11,17H,4,7,12-13H2,(H,21,22,24). The molecule has 1 unspecified atom stereocenters. The van der Waals surface area contributed by atoms with E-state index in [9.17, 15) is 14.4 Å². The lowest BCUT2D eigenvalue weighted by Crippen LogP contribution is -2.25. The predicted molar refractivity (Wildman–Crippen MR) is 100 cm³/mol. The van der Waals surface area contributed by atoms with E-state index in [0.29, 0.717) is 18.6 Å². The van der Waals surface area contributed by atoms with Gasteiger partial charge in [0.25, 0.3) is 5.24 Å². The van der Waals surface area contributed by atoms with Crippen LogP contribution in [-0.2, 0) is 22.4 Å². The van der Waals surface area contributed by atoms with Crippen LogP contribution in [0.1, 0.15) is 27.9 Å². The van der Waals surface area contributed by atoms with Crippen molar-refractivity contribution in [3.05, 3.63) is 71.3 Å². The first kappa shape index (κ1) is 18.2. The van der Waals surface area contributed by atoms with Gasteiger partial charge in [-0.1, -0.05) is 54.2 Å². The van der Waals surface area contributed by atoms with Gasteiger partial charge in [-0.3, -0.25) is 14.9 Å². The van der Waals surface area contributed by atoms with Crippen LogP contribution in [-0.4, -0.2) is 29.0 Å². The Kier molecular flexibility index (Phi) is 6.07. The minimum atomic E-state index is -0.404. The summed E-state index contributed by atoms with van der Waals surface area (Å²) >= 11 is 1.000.